The van der Waals surface area contributed by atoms with Gasteiger partial charge in [-0.15, -0.1) is 0 Å². The highest BCUT2D eigenvalue weighted by Gasteiger charge is 2.38. The van der Waals surface area contributed by atoms with Crippen LogP contribution in [0, 0.1) is 11.7 Å². The molecule has 1 atom stereocenters. The average molecular weight is 394 g/mol. The normalized spacial score (nSPS) is 11.7. The van der Waals surface area contributed by atoms with Crippen LogP contribution in [0.4, 0.5) is 10.1 Å². The van der Waals surface area contributed by atoms with Crippen LogP contribution in [-0.4, -0.2) is 25.2 Å². The van der Waals surface area contributed by atoms with Crippen LogP contribution in [0.25, 0.3) is 0 Å². The third kappa shape index (κ3) is 5.69. The molecule has 0 spiro atoms. The predicted molar refractivity (Wildman–Crippen MR) is 101 cm³/mol. The van der Waals surface area contributed by atoms with E-state index in [1.807, 2.05) is 0 Å². The van der Waals surface area contributed by atoms with Crippen LogP contribution < -0.4 is 5.32 Å². The van der Waals surface area contributed by atoms with E-state index in [1.54, 1.807) is 38.1 Å². The summed E-state index contributed by atoms with van der Waals surface area (Å²) >= 11 is 5.91. The zero-order chi connectivity index (χ0) is 19.8. The maximum absolute atomic E-state index is 13.4. The number of carbonyl (C=O) groups is 2. The molecule has 0 amide bonds. The second-order valence-electron chi connectivity index (χ2n) is 5.66. The fourth-order valence-electron chi connectivity index (χ4n) is 2.59. The first-order valence-corrected chi connectivity index (χ1v) is 8.94. The van der Waals surface area contributed by atoms with E-state index in [9.17, 15) is 14.0 Å². The molecule has 2 aromatic rings. The van der Waals surface area contributed by atoms with Crippen molar-refractivity contribution in [3.63, 3.8) is 0 Å². The fourth-order valence-corrected chi connectivity index (χ4v) is 2.71. The minimum Gasteiger partial charge on any atom is -0.465 e. The Balaban J connectivity index is 2.45. The van der Waals surface area contributed by atoms with E-state index in [-0.39, 0.29) is 13.2 Å². The van der Waals surface area contributed by atoms with Gasteiger partial charge in [-0.2, -0.15) is 0 Å². The lowest BCUT2D eigenvalue weighted by Gasteiger charge is -2.26. The van der Waals surface area contributed by atoms with Gasteiger partial charge in [0.05, 0.1) is 19.3 Å². The summed E-state index contributed by atoms with van der Waals surface area (Å²) in [5.41, 5.74) is 1.17. The Morgan fingerprint density at radius 3 is 1.96 bits per heavy atom. The van der Waals surface area contributed by atoms with E-state index >= 15 is 0 Å². The van der Waals surface area contributed by atoms with Gasteiger partial charge in [0.25, 0.3) is 0 Å². The summed E-state index contributed by atoms with van der Waals surface area (Å²) in [6.45, 7) is 3.54. The molecule has 0 radical (unpaired) electrons. The third-order valence-electron chi connectivity index (χ3n) is 3.81. The number of carbonyl (C=O) groups excluding carboxylic acids is 2. The molecule has 7 heteroatoms. The van der Waals surface area contributed by atoms with Gasteiger partial charge in [-0.05, 0) is 55.8 Å². The molecule has 2 rings (SSSR count). The first-order valence-electron chi connectivity index (χ1n) is 8.57. The Bertz CT molecular complexity index is 747. The number of rotatable bonds is 8. The summed E-state index contributed by atoms with van der Waals surface area (Å²) in [6.07, 6.45) is 0. The lowest BCUT2D eigenvalue weighted by atomic mass is 9.92. The Morgan fingerprint density at radius 1 is 0.963 bits per heavy atom. The largest absolute Gasteiger partial charge is 0.465 e. The molecule has 0 saturated carbocycles. The molecule has 144 valence electrons. The summed E-state index contributed by atoms with van der Waals surface area (Å²) < 4.78 is 23.5. The topological polar surface area (TPSA) is 64.6 Å². The van der Waals surface area contributed by atoms with Gasteiger partial charge in [-0.1, -0.05) is 23.7 Å². The van der Waals surface area contributed by atoms with Gasteiger partial charge in [0.15, 0.2) is 5.92 Å². The highest BCUT2D eigenvalue weighted by molar-refractivity contribution is 6.30. The van der Waals surface area contributed by atoms with E-state index in [1.165, 1.54) is 24.3 Å². The van der Waals surface area contributed by atoms with Crippen molar-refractivity contribution in [2.75, 3.05) is 18.5 Å². The van der Waals surface area contributed by atoms with Gasteiger partial charge in [-0.3, -0.25) is 9.59 Å². The molecule has 2 aromatic carbocycles. The number of ether oxygens (including phenoxy) is 2. The van der Waals surface area contributed by atoms with Crippen LogP contribution in [0.5, 0.6) is 0 Å². The van der Waals surface area contributed by atoms with Gasteiger partial charge in [-0.25, -0.2) is 4.39 Å². The zero-order valence-corrected chi connectivity index (χ0v) is 15.8. The van der Waals surface area contributed by atoms with Crippen molar-refractivity contribution in [2.24, 2.45) is 5.92 Å². The zero-order valence-electron chi connectivity index (χ0n) is 15.1. The monoisotopic (exact) mass is 393 g/mol. The quantitative estimate of drug-likeness (QED) is 0.532. The van der Waals surface area contributed by atoms with E-state index in [0.29, 0.717) is 16.3 Å². The van der Waals surface area contributed by atoms with Crippen molar-refractivity contribution < 1.29 is 23.5 Å². The summed E-state index contributed by atoms with van der Waals surface area (Å²) in [5.74, 6) is -3.11. The van der Waals surface area contributed by atoms with Gasteiger partial charge < -0.3 is 14.8 Å². The highest BCUT2D eigenvalue weighted by atomic mass is 35.5. The van der Waals surface area contributed by atoms with Gasteiger partial charge >= 0.3 is 11.9 Å². The first kappa shape index (κ1) is 20.7. The number of anilines is 1. The Labute approximate surface area is 162 Å². The second-order valence-corrected chi connectivity index (χ2v) is 6.10. The number of halogens is 2. The van der Waals surface area contributed by atoms with E-state index < -0.39 is 29.7 Å². The summed E-state index contributed by atoms with van der Waals surface area (Å²) in [7, 11) is 0. The summed E-state index contributed by atoms with van der Waals surface area (Å²) in [6, 6.07) is 11.5. The first-order chi connectivity index (χ1) is 13.0. The smallest absolute Gasteiger partial charge is 0.322 e. The molecule has 1 N–H and O–H groups in total. The molecule has 0 heterocycles. The van der Waals surface area contributed by atoms with Crippen LogP contribution in [0.3, 0.4) is 0 Å². The summed E-state index contributed by atoms with van der Waals surface area (Å²) in [4.78, 5) is 25.1. The average Bonchev–Trinajstić information content (AvgIpc) is 2.64. The van der Waals surface area contributed by atoms with Crippen molar-refractivity contribution in [2.45, 2.75) is 19.9 Å². The van der Waals surface area contributed by atoms with E-state index in [0.717, 1.165) is 0 Å². The van der Waals surface area contributed by atoms with Crippen molar-refractivity contribution >= 4 is 29.2 Å². The summed E-state index contributed by atoms with van der Waals surface area (Å²) in [5, 5.41) is 3.69. The minimum absolute atomic E-state index is 0.117. The molecule has 0 saturated heterocycles. The number of benzene rings is 2. The number of hydrogen-bond donors (Lipinski definition) is 1. The molecule has 0 aliphatic heterocycles. The Morgan fingerprint density at radius 2 is 1.48 bits per heavy atom. The number of esters is 2. The van der Waals surface area contributed by atoms with Gasteiger partial charge in [0, 0.05) is 10.7 Å². The van der Waals surface area contributed by atoms with Gasteiger partial charge in [0.2, 0.25) is 0 Å². The van der Waals surface area contributed by atoms with E-state index in [4.69, 9.17) is 21.1 Å². The van der Waals surface area contributed by atoms with Crippen molar-refractivity contribution in [3.8, 4) is 0 Å². The molecule has 0 bridgehead atoms. The van der Waals surface area contributed by atoms with Crippen LogP contribution in [0.15, 0.2) is 48.5 Å². The van der Waals surface area contributed by atoms with Crippen molar-refractivity contribution in [1.82, 2.24) is 0 Å². The molecule has 0 fully saturated rings. The molecule has 27 heavy (non-hydrogen) atoms. The van der Waals surface area contributed by atoms with Gasteiger partial charge in [0.1, 0.15) is 5.82 Å². The molecule has 1 unspecified atom stereocenters. The standard InChI is InChI=1S/C20H21ClFNO4/c1-3-26-19(24)17(20(25)27-4-2)18(13-5-9-15(22)10-6-13)23-16-11-7-14(21)8-12-16/h5-12,17-18,23H,3-4H2,1-2H3. The molecule has 0 aliphatic carbocycles. The van der Waals surface area contributed by atoms with Crippen molar-refractivity contribution in [1.29, 1.82) is 0 Å². The maximum atomic E-state index is 13.4. The lowest BCUT2D eigenvalue weighted by Crippen LogP contribution is -2.36. The van der Waals surface area contributed by atoms with E-state index in [2.05, 4.69) is 5.32 Å². The minimum atomic E-state index is -1.26. The molecule has 5 nitrogen and oxygen atoms in total. The SMILES string of the molecule is CCOC(=O)C(C(=O)OCC)C(Nc1ccc(Cl)cc1)c1ccc(F)cc1. The Kier molecular flexibility index (Phi) is 7.61. The van der Waals surface area contributed by atoms with Crippen molar-refractivity contribution in [3.05, 3.63) is 64.9 Å². The van der Waals surface area contributed by atoms with Crippen LogP contribution in [0.2, 0.25) is 5.02 Å². The van der Waals surface area contributed by atoms with Crippen LogP contribution in [-0.2, 0) is 19.1 Å². The molecule has 0 aromatic heterocycles. The number of hydrogen-bond acceptors (Lipinski definition) is 5. The fraction of sp³-hybridized carbons (Fsp3) is 0.300. The second kappa shape index (κ2) is 9.92. The third-order valence-corrected chi connectivity index (χ3v) is 4.06. The Hall–Kier alpha value is -2.60. The predicted octanol–water partition coefficient (Wildman–Crippen LogP) is 4.37. The van der Waals surface area contributed by atoms with Crippen LogP contribution >= 0.6 is 11.6 Å². The lowest BCUT2D eigenvalue weighted by molar-refractivity contribution is -0.162. The number of nitrogens with one attached hydrogen (secondary N) is 1. The highest BCUT2D eigenvalue weighted by Crippen LogP contribution is 2.30. The molecule has 0 aliphatic rings. The maximum Gasteiger partial charge on any atom is 0.322 e. The van der Waals surface area contributed by atoms with Crippen LogP contribution in [0.1, 0.15) is 25.5 Å². The molecular weight excluding hydrogens is 373 g/mol. The molecular formula is C20H21ClFNO4.